The number of H-pyrrole nitrogens is 1. The molecule has 0 aliphatic rings. The Balaban J connectivity index is 2.14. The van der Waals surface area contributed by atoms with Crippen LogP contribution in [0.2, 0.25) is 0 Å². The van der Waals surface area contributed by atoms with Crippen molar-refractivity contribution in [2.75, 3.05) is 0 Å². The minimum absolute atomic E-state index is 0.579. The summed E-state index contributed by atoms with van der Waals surface area (Å²) in [6.45, 7) is 4.00. The van der Waals surface area contributed by atoms with Gasteiger partial charge in [-0.1, -0.05) is 42.0 Å². The van der Waals surface area contributed by atoms with Gasteiger partial charge in [-0.05, 0) is 37.1 Å². The van der Waals surface area contributed by atoms with E-state index in [4.69, 9.17) is 0 Å². The molecule has 0 fully saturated rings. The summed E-state index contributed by atoms with van der Waals surface area (Å²) in [5, 5.41) is 9.52. The van der Waals surface area contributed by atoms with Crippen LogP contribution in [0.4, 0.5) is 0 Å². The molecular weight excluding hydrogens is 258 g/mol. The molecule has 0 unspecified atom stereocenters. The highest BCUT2D eigenvalue weighted by Crippen LogP contribution is 2.25. The Morgan fingerprint density at radius 2 is 1.81 bits per heavy atom. The summed E-state index contributed by atoms with van der Waals surface area (Å²) < 4.78 is 0. The summed E-state index contributed by atoms with van der Waals surface area (Å²) in [5.41, 5.74) is 5.56. The number of imidazole rings is 1. The van der Waals surface area contributed by atoms with E-state index in [9.17, 15) is 5.26 Å². The van der Waals surface area contributed by atoms with Crippen molar-refractivity contribution in [1.29, 1.82) is 5.26 Å². The van der Waals surface area contributed by atoms with E-state index < -0.39 is 0 Å². The molecule has 0 aliphatic heterocycles. The minimum Gasteiger partial charge on any atom is -0.337 e. The van der Waals surface area contributed by atoms with Crippen LogP contribution >= 0.6 is 0 Å². The number of nitrogens with one attached hydrogen (secondary N) is 1. The van der Waals surface area contributed by atoms with Crippen LogP contribution in [0.3, 0.4) is 0 Å². The molecule has 1 heterocycles. The summed E-state index contributed by atoms with van der Waals surface area (Å²) in [5.74, 6) is 0.622. The second kappa shape index (κ2) is 5.26. The van der Waals surface area contributed by atoms with E-state index in [1.807, 2.05) is 62.4 Å². The largest absolute Gasteiger partial charge is 0.337 e. The predicted octanol–water partition coefficient (Wildman–Crippen LogP) is 4.33. The molecule has 0 spiro atoms. The number of nitrogens with zero attached hydrogens (tertiary/aromatic N) is 2. The van der Waals surface area contributed by atoms with Crippen LogP contribution < -0.4 is 0 Å². The van der Waals surface area contributed by atoms with Gasteiger partial charge >= 0.3 is 0 Å². The highest BCUT2D eigenvalue weighted by molar-refractivity contribution is 5.96. The standard InChI is InChI=1S/C18H15N3/c1-12-7-9-14(10-8-12)13(2)15(11-19)18-20-16-5-3-4-6-17(16)21-18/h3-10H,1-2H3,(H,20,21)/b15-13-. The molecule has 102 valence electrons. The number of aromatic amines is 1. The predicted molar refractivity (Wildman–Crippen MR) is 85.4 cm³/mol. The SMILES string of the molecule is C/C(=C(\C#N)c1nc2ccccc2[nH]1)c1ccc(C)cc1. The van der Waals surface area contributed by atoms with E-state index in [1.165, 1.54) is 5.56 Å². The molecule has 1 aromatic heterocycles. The molecule has 3 heteroatoms. The van der Waals surface area contributed by atoms with Crippen LogP contribution in [-0.4, -0.2) is 9.97 Å². The van der Waals surface area contributed by atoms with Gasteiger partial charge in [-0.3, -0.25) is 0 Å². The van der Waals surface area contributed by atoms with E-state index in [0.29, 0.717) is 11.4 Å². The van der Waals surface area contributed by atoms with Gasteiger partial charge in [-0.15, -0.1) is 0 Å². The van der Waals surface area contributed by atoms with E-state index in [2.05, 4.69) is 16.0 Å². The molecule has 3 aromatic rings. The Labute approximate surface area is 123 Å². The number of rotatable bonds is 2. The highest BCUT2D eigenvalue weighted by atomic mass is 14.9. The van der Waals surface area contributed by atoms with Gasteiger partial charge in [0.05, 0.1) is 16.6 Å². The number of hydrogen-bond acceptors (Lipinski definition) is 2. The first kappa shape index (κ1) is 13.1. The monoisotopic (exact) mass is 273 g/mol. The van der Waals surface area contributed by atoms with Crippen LogP contribution in [0, 0.1) is 18.3 Å². The van der Waals surface area contributed by atoms with E-state index >= 15 is 0 Å². The van der Waals surface area contributed by atoms with Gasteiger partial charge in [0.15, 0.2) is 0 Å². The van der Waals surface area contributed by atoms with Crippen LogP contribution in [0.1, 0.15) is 23.9 Å². The average molecular weight is 273 g/mol. The number of nitriles is 1. The van der Waals surface area contributed by atoms with Crippen molar-refractivity contribution >= 4 is 22.2 Å². The Kier molecular flexibility index (Phi) is 3.29. The lowest BCUT2D eigenvalue weighted by Crippen LogP contribution is -1.90. The van der Waals surface area contributed by atoms with Crippen molar-refractivity contribution in [3.05, 3.63) is 65.5 Å². The third kappa shape index (κ3) is 2.44. The Morgan fingerprint density at radius 3 is 2.48 bits per heavy atom. The summed E-state index contributed by atoms with van der Waals surface area (Å²) in [6, 6.07) is 18.2. The fraction of sp³-hybridized carbons (Fsp3) is 0.111. The maximum atomic E-state index is 9.52. The van der Waals surface area contributed by atoms with Crippen molar-refractivity contribution in [3.63, 3.8) is 0 Å². The zero-order valence-electron chi connectivity index (χ0n) is 12.0. The van der Waals surface area contributed by atoms with Gasteiger partial charge in [0.25, 0.3) is 0 Å². The molecule has 0 saturated carbocycles. The molecule has 2 aromatic carbocycles. The highest BCUT2D eigenvalue weighted by Gasteiger charge is 2.11. The summed E-state index contributed by atoms with van der Waals surface area (Å²) in [7, 11) is 0. The van der Waals surface area contributed by atoms with Crippen molar-refractivity contribution < 1.29 is 0 Å². The van der Waals surface area contributed by atoms with E-state index in [-0.39, 0.29) is 0 Å². The number of allylic oxidation sites excluding steroid dienone is 2. The molecule has 1 N–H and O–H groups in total. The lowest BCUT2D eigenvalue weighted by molar-refractivity contribution is 1.27. The second-order valence-electron chi connectivity index (χ2n) is 5.08. The Hall–Kier alpha value is -2.86. The zero-order chi connectivity index (χ0) is 14.8. The first-order chi connectivity index (χ1) is 10.2. The van der Waals surface area contributed by atoms with Crippen LogP contribution in [-0.2, 0) is 0 Å². The fourth-order valence-electron chi connectivity index (χ4n) is 2.33. The topological polar surface area (TPSA) is 52.5 Å². The van der Waals surface area contributed by atoms with Crippen molar-refractivity contribution in [3.8, 4) is 6.07 Å². The smallest absolute Gasteiger partial charge is 0.149 e. The van der Waals surface area contributed by atoms with Gasteiger partial charge in [0.2, 0.25) is 0 Å². The number of aromatic nitrogens is 2. The quantitative estimate of drug-likeness (QED) is 0.707. The van der Waals surface area contributed by atoms with Crippen LogP contribution in [0.15, 0.2) is 48.5 Å². The molecule has 3 rings (SSSR count). The van der Waals surface area contributed by atoms with Crippen molar-refractivity contribution in [2.45, 2.75) is 13.8 Å². The second-order valence-corrected chi connectivity index (χ2v) is 5.08. The number of fused-ring (bicyclic) bond motifs is 1. The normalized spacial score (nSPS) is 12.0. The summed E-state index contributed by atoms with van der Waals surface area (Å²) >= 11 is 0. The number of aryl methyl sites for hydroxylation is 1. The van der Waals surface area contributed by atoms with Gasteiger partial charge in [0, 0.05) is 0 Å². The van der Waals surface area contributed by atoms with Crippen molar-refractivity contribution in [2.24, 2.45) is 0 Å². The Bertz CT molecular complexity index is 828. The number of hydrogen-bond donors (Lipinski definition) is 1. The number of para-hydroxylation sites is 2. The summed E-state index contributed by atoms with van der Waals surface area (Å²) in [6.07, 6.45) is 0. The molecule has 0 amide bonds. The van der Waals surface area contributed by atoms with Crippen LogP contribution in [0.5, 0.6) is 0 Å². The van der Waals surface area contributed by atoms with Gasteiger partial charge in [-0.2, -0.15) is 5.26 Å². The molecule has 0 atom stereocenters. The minimum atomic E-state index is 0.579. The number of benzene rings is 2. The third-order valence-electron chi connectivity index (χ3n) is 3.60. The maximum absolute atomic E-state index is 9.52. The molecular formula is C18H15N3. The lowest BCUT2D eigenvalue weighted by Gasteiger charge is -2.04. The molecule has 21 heavy (non-hydrogen) atoms. The Morgan fingerprint density at radius 1 is 1.10 bits per heavy atom. The van der Waals surface area contributed by atoms with Crippen molar-refractivity contribution in [1.82, 2.24) is 9.97 Å². The third-order valence-corrected chi connectivity index (χ3v) is 3.60. The molecule has 0 bridgehead atoms. The van der Waals surface area contributed by atoms with E-state index in [1.54, 1.807) is 0 Å². The van der Waals surface area contributed by atoms with Gasteiger partial charge in [0.1, 0.15) is 11.9 Å². The molecule has 0 radical (unpaired) electrons. The van der Waals surface area contributed by atoms with Gasteiger partial charge < -0.3 is 4.98 Å². The summed E-state index contributed by atoms with van der Waals surface area (Å²) in [4.78, 5) is 7.73. The maximum Gasteiger partial charge on any atom is 0.149 e. The molecule has 3 nitrogen and oxygen atoms in total. The van der Waals surface area contributed by atoms with Gasteiger partial charge in [-0.25, -0.2) is 4.98 Å². The zero-order valence-corrected chi connectivity index (χ0v) is 12.0. The molecule has 0 saturated heterocycles. The average Bonchev–Trinajstić information content (AvgIpc) is 2.92. The first-order valence-corrected chi connectivity index (χ1v) is 6.82. The lowest BCUT2D eigenvalue weighted by atomic mass is 10.0. The first-order valence-electron chi connectivity index (χ1n) is 6.82. The van der Waals surface area contributed by atoms with E-state index in [0.717, 1.165) is 22.2 Å². The molecule has 0 aliphatic carbocycles. The van der Waals surface area contributed by atoms with Crippen LogP contribution in [0.25, 0.3) is 22.2 Å². The fourth-order valence-corrected chi connectivity index (χ4v) is 2.33.